The van der Waals surface area contributed by atoms with Gasteiger partial charge in [0.15, 0.2) is 0 Å². The van der Waals surface area contributed by atoms with Gasteiger partial charge in [-0.1, -0.05) is 51.1 Å². The highest BCUT2D eigenvalue weighted by Gasteiger charge is 2.69. The van der Waals surface area contributed by atoms with Crippen LogP contribution in [0.3, 0.4) is 0 Å². The molecule has 0 saturated heterocycles. The third-order valence-corrected chi connectivity index (χ3v) is 7.27. The van der Waals surface area contributed by atoms with Crippen molar-refractivity contribution in [2.45, 2.75) is 52.1 Å². The van der Waals surface area contributed by atoms with E-state index in [0.717, 1.165) is 25.5 Å². The summed E-state index contributed by atoms with van der Waals surface area (Å²) in [5.41, 5.74) is 2.06. The molecular weight excluding hydrogens is 282 g/mol. The smallest absolute Gasteiger partial charge is 0.0784 e. The summed E-state index contributed by atoms with van der Waals surface area (Å²) < 4.78 is 6.74. The van der Waals surface area contributed by atoms with E-state index in [9.17, 15) is 0 Å². The van der Waals surface area contributed by atoms with E-state index in [0.29, 0.717) is 5.41 Å². The summed E-state index contributed by atoms with van der Waals surface area (Å²) in [6.07, 6.45) is 4.95. The van der Waals surface area contributed by atoms with E-state index in [-0.39, 0.29) is 11.0 Å². The zero-order chi connectivity index (χ0) is 16.7. The average molecular weight is 316 g/mol. The van der Waals surface area contributed by atoms with E-state index in [1.807, 2.05) is 0 Å². The fourth-order valence-electron chi connectivity index (χ4n) is 5.28. The molecule has 1 aromatic rings. The number of rotatable bonds is 6. The highest BCUT2D eigenvalue weighted by molar-refractivity contribution is 5.25. The van der Waals surface area contributed by atoms with Crippen LogP contribution in [-0.2, 0) is 11.2 Å². The van der Waals surface area contributed by atoms with Gasteiger partial charge in [-0.2, -0.15) is 0 Å². The lowest BCUT2D eigenvalue weighted by atomic mass is 9.62. The van der Waals surface area contributed by atoms with Crippen LogP contribution in [0.2, 0.25) is 0 Å². The Hall–Kier alpha value is -0.860. The number of hydrogen-bond acceptors (Lipinski definition) is 2. The monoisotopic (exact) mass is 315 g/mol. The molecule has 2 fully saturated rings. The molecule has 0 spiro atoms. The van der Waals surface area contributed by atoms with Gasteiger partial charge in [-0.3, -0.25) is 0 Å². The van der Waals surface area contributed by atoms with Crippen molar-refractivity contribution < 1.29 is 4.74 Å². The zero-order valence-corrected chi connectivity index (χ0v) is 15.6. The summed E-state index contributed by atoms with van der Waals surface area (Å²) in [7, 11) is 4.25. The Labute approximate surface area is 142 Å². The third-order valence-electron chi connectivity index (χ3n) is 7.27. The Balaban J connectivity index is 1.89. The van der Waals surface area contributed by atoms with Crippen LogP contribution in [0.5, 0.6) is 0 Å². The highest BCUT2D eigenvalue weighted by Crippen LogP contribution is 2.71. The normalized spacial score (nSPS) is 35.1. The summed E-state index contributed by atoms with van der Waals surface area (Å²) in [6, 6.07) is 10.9. The number of benzene rings is 1. The molecule has 2 nitrogen and oxygen atoms in total. The van der Waals surface area contributed by atoms with Crippen molar-refractivity contribution in [3.05, 3.63) is 35.9 Å². The van der Waals surface area contributed by atoms with Gasteiger partial charge in [0.05, 0.1) is 12.2 Å². The third kappa shape index (κ3) is 2.64. The van der Waals surface area contributed by atoms with Gasteiger partial charge in [0.25, 0.3) is 0 Å². The molecule has 0 aliphatic heterocycles. The maximum atomic E-state index is 6.74. The predicted molar refractivity (Wildman–Crippen MR) is 96.6 cm³/mol. The van der Waals surface area contributed by atoms with Crippen molar-refractivity contribution in [1.29, 1.82) is 0 Å². The standard InChI is InChI=1S/C21H33NO/c1-19(2)18-11-12-20(19,3)21(16-18,23-14-13-22(4)5)15-17-9-7-6-8-10-17/h6-10,18H,11-16H2,1-5H3/t18-,20+,21+/m0/s1. The van der Waals surface area contributed by atoms with Gasteiger partial charge in [-0.15, -0.1) is 0 Å². The van der Waals surface area contributed by atoms with E-state index in [1.165, 1.54) is 24.8 Å². The van der Waals surface area contributed by atoms with Gasteiger partial charge in [0, 0.05) is 18.4 Å². The van der Waals surface area contributed by atoms with Gasteiger partial charge in [-0.05, 0) is 50.3 Å². The molecular formula is C21H33NO. The predicted octanol–water partition coefficient (Wildman–Crippen LogP) is 4.39. The maximum absolute atomic E-state index is 6.74. The van der Waals surface area contributed by atoms with E-state index in [4.69, 9.17) is 4.74 Å². The summed E-state index contributed by atoms with van der Waals surface area (Å²) in [5.74, 6) is 0.801. The van der Waals surface area contributed by atoms with E-state index < -0.39 is 0 Å². The maximum Gasteiger partial charge on any atom is 0.0784 e. The molecule has 0 aromatic heterocycles. The molecule has 3 rings (SSSR count). The lowest BCUT2D eigenvalue weighted by molar-refractivity contribution is -0.140. The van der Waals surface area contributed by atoms with Gasteiger partial charge in [-0.25, -0.2) is 0 Å². The summed E-state index contributed by atoms with van der Waals surface area (Å²) in [6.45, 7) is 9.29. The Morgan fingerprint density at radius 3 is 2.35 bits per heavy atom. The number of hydrogen-bond donors (Lipinski definition) is 0. The molecule has 2 heteroatoms. The van der Waals surface area contributed by atoms with Crippen LogP contribution in [0, 0.1) is 16.7 Å². The van der Waals surface area contributed by atoms with E-state index in [2.05, 4.69) is 70.1 Å². The van der Waals surface area contributed by atoms with Crippen molar-refractivity contribution in [3.8, 4) is 0 Å². The first-order chi connectivity index (χ1) is 10.8. The summed E-state index contributed by atoms with van der Waals surface area (Å²) in [5, 5.41) is 0. The number of likely N-dealkylation sites (N-methyl/N-ethyl adjacent to an activating group) is 1. The molecule has 0 N–H and O–H groups in total. The molecule has 2 aliphatic carbocycles. The van der Waals surface area contributed by atoms with Crippen LogP contribution in [0.25, 0.3) is 0 Å². The lowest BCUT2D eigenvalue weighted by Gasteiger charge is -2.49. The average Bonchev–Trinajstić information content (AvgIpc) is 2.80. The van der Waals surface area contributed by atoms with Crippen molar-refractivity contribution in [3.63, 3.8) is 0 Å². The fraction of sp³-hybridized carbons (Fsp3) is 0.714. The topological polar surface area (TPSA) is 12.5 Å². The van der Waals surface area contributed by atoms with Gasteiger partial charge in [0.1, 0.15) is 0 Å². The van der Waals surface area contributed by atoms with Crippen molar-refractivity contribution in [1.82, 2.24) is 4.90 Å². The number of fused-ring (bicyclic) bond motifs is 2. The quantitative estimate of drug-likeness (QED) is 0.772. The van der Waals surface area contributed by atoms with E-state index in [1.54, 1.807) is 0 Å². The second kappa shape index (κ2) is 5.89. The SMILES string of the molecule is CN(C)CCO[C@]1(Cc2ccccc2)C[C@@H]2CC[C@]1(C)C2(C)C. The largest absolute Gasteiger partial charge is 0.373 e. The molecule has 0 heterocycles. The lowest BCUT2D eigenvalue weighted by Crippen LogP contribution is -2.51. The minimum atomic E-state index is -0.00319. The first-order valence-electron chi connectivity index (χ1n) is 9.13. The second-order valence-corrected chi connectivity index (χ2v) is 8.80. The molecule has 2 bridgehead atoms. The van der Waals surface area contributed by atoms with Crippen LogP contribution in [-0.4, -0.2) is 37.7 Å². The number of ether oxygens (including phenoxy) is 1. The Morgan fingerprint density at radius 2 is 1.83 bits per heavy atom. The van der Waals surface area contributed by atoms with Crippen LogP contribution in [0.15, 0.2) is 30.3 Å². The van der Waals surface area contributed by atoms with Crippen LogP contribution >= 0.6 is 0 Å². The van der Waals surface area contributed by atoms with Crippen LogP contribution < -0.4 is 0 Å². The van der Waals surface area contributed by atoms with E-state index >= 15 is 0 Å². The minimum Gasteiger partial charge on any atom is -0.373 e. The van der Waals surface area contributed by atoms with Crippen molar-refractivity contribution in [2.75, 3.05) is 27.2 Å². The minimum absolute atomic E-state index is 0.00319. The Kier molecular flexibility index (Phi) is 4.35. The molecule has 3 atom stereocenters. The molecule has 2 aliphatic rings. The molecule has 1 aromatic carbocycles. The summed E-state index contributed by atoms with van der Waals surface area (Å²) >= 11 is 0. The first-order valence-corrected chi connectivity index (χ1v) is 9.13. The highest BCUT2D eigenvalue weighted by atomic mass is 16.5. The van der Waals surface area contributed by atoms with Gasteiger partial charge < -0.3 is 9.64 Å². The molecule has 23 heavy (non-hydrogen) atoms. The van der Waals surface area contributed by atoms with Crippen LogP contribution in [0.4, 0.5) is 0 Å². The molecule has 2 saturated carbocycles. The second-order valence-electron chi connectivity index (χ2n) is 8.80. The molecule has 0 unspecified atom stereocenters. The van der Waals surface area contributed by atoms with Crippen LogP contribution in [0.1, 0.15) is 45.6 Å². The van der Waals surface area contributed by atoms with Gasteiger partial charge in [0.2, 0.25) is 0 Å². The zero-order valence-electron chi connectivity index (χ0n) is 15.6. The summed E-state index contributed by atoms with van der Waals surface area (Å²) in [4.78, 5) is 2.22. The van der Waals surface area contributed by atoms with Gasteiger partial charge >= 0.3 is 0 Å². The van der Waals surface area contributed by atoms with Crippen molar-refractivity contribution >= 4 is 0 Å². The first kappa shape index (κ1) is 17.0. The molecule has 0 radical (unpaired) electrons. The van der Waals surface area contributed by atoms with Crippen molar-refractivity contribution in [2.24, 2.45) is 16.7 Å². The molecule has 128 valence electrons. The number of nitrogens with zero attached hydrogens (tertiary/aromatic N) is 1. The Bertz CT molecular complexity index is 538. The fourth-order valence-corrected chi connectivity index (χ4v) is 5.28. The molecule has 0 amide bonds. The Morgan fingerprint density at radius 1 is 1.13 bits per heavy atom.